The highest BCUT2D eigenvalue weighted by atomic mass is 16.5. The number of likely N-dealkylation sites (tertiary alicyclic amines) is 2. The van der Waals surface area contributed by atoms with Gasteiger partial charge >= 0.3 is 0 Å². The number of carbonyl (C=O) groups is 2. The van der Waals surface area contributed by atoms with Crippen molar-refractivity contribution in [2.24, 2.45) is 0 Å². The number of carbonyl (C=O) groups excluding carboxylic acids is 2. The summed E-state index contributed by atoms with van der Waals surface area (Å²) in [5.41, 5.74) is 1.16. The molecule has 2 fully saturated rings. The second-order valence-corrected chi connectivity index (χ2v) is 6.69. The highest BCUT2D eigenvalue weighted by Gasteiger charge is 2.24. The van der Waals surface area contributed by atoms with Crippen LogP contribution in [0.4, 0.5) is 5.69 Å². The van der Waals surface area contributed by atoms with Crippen LogP contribution in [0.3, 0.4) is 0 Å². The van der Waals surface area contributed by atoms with E-state index in [1.165, 1.54) is 6.08 Å². The third-order valence-electron chi connectivity index (χ3n) is 4.71. The maximum atomic E-state index is 12.6. The van der Waals surface area contributed by atoms with Crippen molar-refractivity contribution in [3.05, 3.63) is 36.4 Å². The van der Waals surface area contributed by atoms with Gasteiger partial charge in [-0.25, -0.2) is 0 Å². The van der Waals surface area contributed by atoms with Gasteiger partial charge in [-0.3, -0.25) is 9.59 Å². The maximum Gasteiger partial charge on any atom is 0.253 e. The Balaban J connectivity index is 1.83. The fraction of sp³-hybridized carbons (Fsp3) is 0.474. The van der Waals surface area contributed by atoms with Gasteiger partial charge in [-0.15, -0.1) is 0 Å². The van der Waals surface area contributed by atoms with E-state index >= 15 is 0 Å². The van der Waals surface area contributed by atoms with E-state index in [9.17, 15) is 9.59 Å². The molecule has 0 aliphatic carbocycles. The SMILES string of the molecule is C=CC(=O)Nc1ccc(C(=O)N2CCCC2)cc1O[C@H]1CCN(C)C1. The molecule has 0 unspecified atom stereocenters. The van der Waals surface area contributed by atoms with E-state index in [0.29, 0.717) is 17.0 Å². The summed E-state index contributed by atoms with van der Waals surface area (Å²) in [6.45, 7) is 6.89. The molecule has 0 spiro atoms. The maximum absolute atomic E-state index is 12.6. The molecule has 1 aromatic rings. The Morgan fingerprint density at radius 1 is 1.28 bits per heavy atom. The van der Waals surface area contributed by atoms with Crippen molar-refractivity contribution in [2.45, 2.75) is 25.4 Å². The van der Waals surface area contributed by atoms with Gasteiger partial charge in [0.2, 0.25) is 5.91 Å². The summed E-state index contributed by atoms with van der Waals surface area (Å²) in [6, 6.07) is 5.23. The molecule has 2 saturated heterocycles. The van der Waals surface area contributed by atoms with E-state index in [0.717, 1.165) is 45.4 Å². The first kappa shape index (κ1) is 17.5. The summed E-state index contributed by atoms with van der Waals surface area (Å²) >= 11 is 0. The van der Waals surface area contributed by atoms with Gasteiger partial charge in [0.1, 0.15) is 11.9 Å². The van der Waals surface area contributed by atoms with E-state index in [4.69, 9.17) is 4.74 Å². The van der Waals surface area contributed by atoms with Gasteiger partial charge in [-0.05, 0) is 50.6 Å². The van der Waals surface area contributed by atoms with Crippen LogP contribution in [-0.4, -0.2) is 60.9 Å². The normalized spacial score (nSPS) is 20.5. The lowest BCUT2D eigenvalue weighted by molar-refractivity contribution is -0.111. The summed E-state index contributed by atoms with van der Waals surface area (Å²) in [6.07, 6.45) is 4.31. The number of nitrogens with one attached hydrogen (secondary N) is 1. The fourth-order valence-electron chi connectivity index (χ4n) is 3.31. The Morgan fingerprint density at radius 2 is 2.04 bits per heavy atom. The number of hydrogen-bond acceptors (Lipinski definition) is 4. The quantitative estimate of drug-likeness (QED) is 0.832. The zero-order chi connectivity index (χ0) is 17.8. The topological polar surface area (TPSA) is 61.9 Å². The van der Waals surface area contributed by atoms with Crippen LogP contribution in [-0.2, 0) is 4.79 Å². The van der Waals surface area contributed by atoms with Crippen LogP contribution in [0.5, 0.6) is 5.75 Å². The number of rotatable bonds is 5. The molecule has 1 atom stereocenters. The average molecular weight is 343 g/mol. The molecule has 2 aliphatic rings. The molecule has 0 aromatic heterocycles. The first-order valence-corrected chi connectivity index (χ1v) is 8.79. The average Bonchev–Trinajstić information content (AvgIpc) is 3.27. The fourth-order valence-corrected chi connectivity index (χ4v) is 3.31. The van der Waals surface area contributed by atoms with E-state index in [-0.39, 0.29) is 17.9 Å². The first-order valence-electron chi connectivity index (χ1n) is 8.79. The Morgan fingerprint density at radius 3 is 2.68 bits per heavy atom. The lowest BCUT2D eigenvalue weighted by atomic mass is 10.1. The van der Waals surface area contributed by atoms with Crippen LogP contribution in [0.1, 0.15) is 29.6 Å². The minimum Gasteiger partial charge on any atom is -0.487 e. The molecule has 2 amide bonds. The Bertz CT molecular complexity index is 668. The summed E-state index contributed by atoms with van der Waals surface area (Å²) in [5.74, 6) is 0.264. The van der Waals surface area contributed by atoms with E-state index in [1.807, 2.05) is 4.90 Å². The highest BCUT2D eigenvalue weighted by molar-refractivity contribution is 6.01. The summed E-state index contributed by atoms with van der Waals surface area (Å²) in [5, 5.41) is 2.76. The molecule has 0 bridgehead atoms. The lowest BCUT2D eigenvalue weighted by Crippen LogP contribution is -2.28. The van der Waals surface area contributed by atoms with Gasteiger partial charge in [0.15, 0.2) is 0 Å². The first-order chi connectivity index (χ1) is 12.1. The zero-order valence-corrected chi connectivity index (χ0v) is 14.7. The van der Waals surface area contributed by atoms with Gasteiger partial charge < -0.3 is 19.9 Å². The molecule has 134 valence electrons. The number of nitrogens with zero attached hydrogens (tertiary/aromatic N) is 2. The number of hydrogen-bond donors (Lipinski definition) is 1. The Labute approximate surface area is 148 Å². The number of ether oxygens (including phenoxy) is 1. The Kier molecular flexibility index (Phi) is 5.38. The molecule has 2 heterocycles. The highest BCUT2D eigenvalue weighted by Crippen LogP contribution is 2.29. The van der Waals surface area contributed by atoms with Crippen LogP contribution in [0, 0.1) is 0 Å². The van der Waals surface area contributed by atoms with Gasteiger partial charge in [-0.2, -0.15) is 0 Å². The molecule has 2 aliphatic heterocycles. The molecular formula is C19H25N3O3. The molecule has 1 aromatic carbocycles. The van der Waals surface area contributed by atoms with E-state index in [2.05, 4.69) is 23.8 Å². The van der Waals surface area contributed by atoms with Gasteiger partial charge in [-0.1, -0.05) is 6.58 Å². The van der Waals surface area contributed by atoms with Gasteiger partial charge in [0.05, 0.1) is 5.69 Å². The number of likely N-dealkylation sites (N-methyl/N-ethyl adjacent to an activating group) is 1. The molecular weight excluding hydrogens is 318 g/mol. The predicted molar refractivity (Wildman–Crippen MR) is 96.9 cm³/mol. The minimum atomic E-state index is -0.299. The lowest BCUT2D eigenvalue weighted by Gasteiger charge is -2.20. The number of benzene rings is 1. The molecule has 3 rings (SSSR count). The number of amides is 2. The molecule has 0 radical (unpaired) electrons. The van der Waals surface area contributed by atoms with Crippen molar-refractivity contribution in [3.8, 4) is 5.75 Å². The monoisotopic (exact) mass is 343 g/mol. The largest absolute Gasteiger partial charge is 0.487 e. The molecule has 25 heavy (non-hydrogen) atoms. The summed E-state index contributed by atoms with van der Waals surface area (Å²) < 4.78 is 6.11. The van der Waals surface area contributed by atoms with Crippen molar-refractivity contribution < 1.29 is 14.3 Å². The molecule has 1 N–H and O–H groups in total. The van der Waals surface area contributed by atoms with Crippen molar-refractivity contribution in [1.82, 2.24) is 9.80 Å². The van der Waals surface area contributed by atoms with Crippen molar-refractivity contribution >= 4 is 17.5 Å². The summed E-state index contributed by atoms with van der Waals surface area (Å²) in [4.78, 5) is 28.4. The molecule has 6 heteroatoms. The standard InChI is InChI=1S/C19H25N3O3/c1-3-18(23)20-16-7-6-14(19(24)22-9-4-5-10-22)12-17(16)25-15-8-11-21(2)13-15/h3,6-7,12,15H,1,4-5,8-11,13H2,2H3,(H,20,23)/t15-/m0/s1. The van der Waals surface area contributed by atoms with Crippen LogP contribution in [0.2, 0.25) is 0 Å². The molecule has 6 nitrogen and oxygen atoms in total. The second kappa shape index (κ2) is 7.70. The molecule has 0 saturated carbocycles. The van der Waals surface area contributed by atoms with Crippen molar-refractivity contribution in [1.29, 1.82) is 0 Å². The van der Waals surface area contributed by atoms with Crippen molar-refractivity contribution in [2.75, 3.05) is 38.5 Å². The van der Waals surface area contributed by atoms with E-state index < -0.39 is 0 Å². The van der Waals surface area contributed by atoms with Gasteiger partial charge in [0, 0.05) is 31.7 Å². The van der Waals surface area contributed by atoms with E-state index in [1.54, 1.807) is 18.2 Å². The minimum absolute atomic E-state index is 0.0208. The predicted octanol–water partition coefficient (Wildman–Crippen LogP) is 2.13. The third-order valence-corrected chi connectivity index (χ3v) is 4.71. The van der Waals surface area contributed by atoms with Gasteiger partial charge in [0.25, 0.3) is 5.91 Å². The Hall–Kier alpha value is -2.34. The summed E-state index contributed by atoms with van der Waals surface area (Å²) in [7, 11) is 2.05. The zero-order valence-electron chi connectivity index (χ0n) is 14.7. The van der Waals surface area contributed by atoms with Crippen molar-refractivity contribution in [3.63, 3.8) is 0 Å². The van der Waals surface area contributed by atoms with Crippen LogP contribution < -0.4 is 10.1 Å². The smallest absolute Gasteiger partial charge is 0.253 e. The van der Waals surface area contributed by atoms with Crippen LogP contribution in [0.25, 0.3) is 0 Å². The third kappa shape index (κ3) is 4.20. The van der Waals surface area contributed by atoms with Crippen LogP contribution >= 0.6 is 0 Å². The van der Waals surface area contributed by atoms with Crippen LogP contribution in [0.15, 0.2) is 30.9 Å². The number of anilines is 1. The second-order valence-electron chi connectivity index (χ2n) is 6.69.